The standard InChI is InChI=1S/C26H23F7N2O/c1-16(17-12-18(25(28,29)30)14-19(13-17)26(31,32)33)35-10-4-5-11-36-24-22(15-35)20(8-9-34-24)21-6-2-3-7-23(21)27/h2-3,6-9,12-14,16H,4-5,10-11,15H2,1H3. The van der Waals surface area contributed by atoms with Gasteiger partial charge >= 0.3 is 12.4 Å². The van der Waals surface area contributed by atoms with Crippen LogP contribution in [0.4, 0.5) is 30.7 Å². The zero-order valence-corrected chi connectivity index (χ0v) is 19.3. The molecule has 0 aliphatic carbocycles. The van der Waals surface area contributed by atoms with Gasteiger partial charge in [0.25, 0.3) is 0 Å². The lowest BCUT2D eigenvalue weighted by Crippen LogP contribution is -2.28. The second-order valence-electron chi connectivity index (χ2n) is 8.66. The van der Waals surface area contributed by atoms with Gasteiger partial charge in [-0.05, 0) is 67.8 Å². The van der Waals surface area contributed by atoms with Crippen molar-refractivity contribution < 1.29 is 35.5 Å². The SMILES string of the molecule is CC(c1cc(C(F)(F)F)cc(C(F)(F)F)c1)N1CCCCOc2nccc(-c3ccccc3F)c2C1. The van der Waals surface area contributed by atoms with E-state index in [1.54, 1.807) is 36.1 Å². The average molecular weight is 512 g/mol. The molecular weight excluding hydrogens is 489 g/mol. The third-order valence-electron chi connectivity index (χ3n) is 6.26. The molecule has 0 saturated heterocycles. The summed E-state index contributed by atoms with van der Waals surface area (Å²) < 4.78 is 101. The first kappa shape index (κ1) is 25.9. The second kappa shape index (κ2) is 10.1. The van der Waals surface area contributed by atoms with Gasteiger partial charge in [-0.25, -0.2) is 9.37 Å². The van der Waals surface area contributed by atoms with Crippen molar-refractivity contribution >= 4 is 0 Å². The van der Waals surface area contributed by atoms with E-state index in [4.69, 9.17) is 4.74 Å². The minimum absolute atomic E-state index is 0.0889. The summed E-state index contributed by atoms with van der Waals surface area (Å²) in [6.45, 7) is 2.36. The van der Waals surface area contributed by atoms with Crippen molar-refractivity contribution in [2.45, 2.75) is 44.7 Å². The molecule has 3 nitrogen and oxygen atoms in total. The third-order valence-corrected chi connectivity index (χ3v) is 6.26. The molecule has 2 heterocycles. The van der Waals surface area contributed by atoms with Crippen LogP contribution in [0.15, 0.2) is 54.7 Å². The highest BCUT2D eigenvalue weighted by Crippen LogP contribution is 2.40. The summed E-state index contributed by atoms with van der Waals surface area (Å²) in [7, 11) is 0. The van der Waals surface area contributed by atoms with Crippen molar-refractivity contribution in [2.24, 2.45) is 0 Å². The lowest BCUT2D eigenvalue weighted by molar-refractivity contribution is -0.143. The average Bonchev–Trinajstić information content (AvgIpc) is 2.93. The molecule has 0 amide bonds. The van der Waals surface area contributed by atoms with E-state index in [0.29, 0.717) is 42.7 Å². The molecule has 10 heteroatoms. The number of nitrogens with zero attached hydrogens (tertiary/aromatic N) is 2. The van der Waals surface area contributed by atoms with Crippen LogP contribution >= 0.6 is 0 Å². The van der Waals surface area contributed by atoms with Gasteiger partial charge in [0.05, 0.1) is 17.7 Å². The number of rotatable bonds is 3. The van der Waals surface area contributed by atoms with E-state index >= 15 is 0 Å². The third kappa shape index (κ3) is 5.64. The molecule has 0 saturated carbocycles. The second-order valence-corrected chi connectivity index (χ2v) is 8.66. The van der Waals surface area contributed by atoms with Crippen LogP contribution < -0.4 is 4.74 Å². The van der Waals surface area contributed by atoms with E-state index in [9.17, 15) is 30.7 Å². The van der Waals surface area contributed by atoms with Gasteiger partial charge in [-0.3, -0.25) is 4.90 Å². The van der Waals surface area contributed by atoms with Crippen LogP contribution in [0.3, 0.4) is 0 Å². The maximum absolute atomic E-state index is 14.7. The number of aromatic nitrogens is 1. The number of ether oxygens (including phenoxy) is 1. The van der Waals surface area contributed by atoms with Gasteiger partial charge in [-0.15, -0.1) is 0 Å². The molecule has 0 N–H and O–H groups in total. The van der Waals surface area contributed by atoms with Crippen molar-refractivity contribution in [3.05, 3.63) is 82.8 Å². The molecule has 4 rings (SSSR count). The molecular formula is C26H23F7N2O. The van der Waals surface area contributed by atoms with Crippen LogP contribution in [0.2, 0.25) is 0 Å². The number of halogens is 7. The maximum atomic E-state index is 14.7. The van der Waals surface area contributed by atoms with Crippen LogP contribution in [-0.2, 0) is 18.9 Å². The number of hydrogen-bond acceptors (Lipinski definition) is 3. The Morgan fingerprint density at radius 1 is 0.889 bits per heavy atom. The van der Waals surface area contributed by atoms with Gasteiger partial charge in [0, 0.05) is 29.9 Å². The van der Waals surface area contributed by atoms with Gasteiger partial charge in [-0.1, -0.05) is 18.2 Å². The molecule has 1 atom stereocenters. The maximum Gasteiger partial charge on any atom is 0.416 e. The first-order valence-electron chi connectivity index (χ1n) is 11.3. The molecule has 0 fully saturated rings. The topological polar surface area (TPSA) is 25.4 Å². The van der Waals surface area contributed by atoms with Gasteiger partial charge in [0.15, 0.2) is 0 Å². The molecule has 1 unspecified atom stereocenters. The van der Waals surface area contributed by atoms with Gasteiger partial charge in [0.1, 0.15) is 5.82 Å². The van der Waals surface area contributed by atoms with Gasteiger partial charge < -0.3 is 4.74 Å². The number of benzene rings is 2. The highest BCUT2D eigenvalue weighted by Gasteiger charge is 2.38. The summed E-state index contributed by atoms with van der Waals surface area (Å²) in [4.78, 5) is 6.04. The summed E-state index contributed by atoms with van der Waals surface area (Å²) in [5, 5.41) is 0. The first-order valence-corrected chi connectivity index (χ1v) is 11.3. The molecule has 36 heavy (non-hydrogen) atoms. The fourth-order valence-electron chi connectivity index (χ4n) is 4.31. The Hall–Kier alpha value is -3.14. The van der Waals surface area contributed by atoms with E-state index in [-0.39, 0.29) is 24.1 Å². The van der Waals surface area contributed by atoms with Crippen LogP contribution in [-0.4, -0.2) is 23.0 Å². The van der Waals surface area contributed by atoms with Crippen molar-refractivity contribution in [1.29, 1.82) is 0 Å². The zero-order chi connectivity index (χ0) is 26.1. The highest BCUT2D eigenvalue weighted by molar-refractivity contribution is 5.69. The lowest BCUT2D eigenvalue weighted by atomic mass is 9.97. The minimum Gasteiger partial charge on any atom is -0.477 e. The Bertz CT molecular complexity index is 1190. The Morgan fingerprint density at radius 2 is 1.56 bits per heavy atom. The zero-order valence-electron chi connectivity index (χ0n) is 19.3. The summed E-state index contributed by atoms with van der Waals surface area (Å²) >= 11 is 0. The van der Waals surface area contributed by atoms with E-state index in [1.165, 1.54) is 12.3 Å². The predicted octanol–water partition coefficient (Wildman–Crippen LogP) is 7.66. The summed E-state index contributed by atoms with van der Waals surface area (Å²) in [5.41, 5.74) is -1.53. The predicted molar refractivity (Wildman–Crippen MR) is 120 cm³/mol. The molecule has 3 aromatic rings. The van der Waals surface area contributed by atoms with Gasteiger partial charge in [-0.2, -0.15) is 26.3 Å². The Balaban J connectivity index is 1.79. The van der Waals surface area contributed by atoms with Crippen LogP contribution in [0, 0.1) is 5.82 Å². The molecule has 1 aromatic heterocycles. The smallest absolute Gasteiger partial charge is 0.416 e. The van der Waals surface area contributed by atoms with E-state index in [1.807, 2.05) is 0 Å². The summed E-state index contributed by atoms with van der Waals surface area (Å²) in [6, 6.07) is 8.55. The van der Waals surface area contributed by atoms with Crippen molar-refractivity contribution in [3.63, 3.8) is 0 Å². The fraction of sp³-hybridized carbons (Fsp3) is 0.346. The molecule has 1 aliphatic heterocycles. The Kier molecular flexibility index (Phi) is 7.26. The first-order chi connectivity index (χ1) is 16.9. The fourth-order valence-corrected chi connectivity index (χ4v) is 4.31. The highest BCUT2D eigenvalue weighted by atomic mass is 19.4. The van der Waals surface area contributed by atoms with Crippen molar-refractivity contribution in [2.75, 3.05) is 13.2 Å². The summed E-state index contributed by atoms with van der Waals surface area (Å²) in [6.07, 6.45) is -7.20. The van der Waals surface area contributed by atoms with E-state index < -0.39 is 35.3 Å². The number of hydrogen-bond donors (Lipinski definition) is 0. The molecule has 0 spiro atoms. The molecule has 192 valence electrons. The quantitative estimate of drug-likeness (QED) is 0.337. The molecule has 2 aromatic carbocycles. The van der Waals surface area contributed by atoms with Gasteiger partial charge in [0.2, 0.25) is 5.88 Å². The normalized spacial score (nSPS) is 16.3. The van der Waals surface area contributed by atoms with Crippen LogP contribution in [0.25, 0.3) is 11.1 Å². The Morgan fingerprint density at radius 3 is 2.19 bits per heavy atom. The molecule has 1 aliphatic rings. The summed E-state index contributed by atoms with van der Waals surface area (Å²) in [5.74, 6) is -0.215. The van der Waals surface area contributed by atoms with Crippen LogP contribution in [0.1, 0.15) is 48.1 Å². The van der Waals surface area contributed by atoms with Crippen molar-refractivity contribution in [1.82, 2.24) is 9.88 Å². The minimum atomic E-state index is -4.94. The number of pyridine rings is 1. The van der Waals surface area contributed by atoms with E-state index in [2.05, 4.69) is 4.98 Å². The monoisotopic (exact) mass is 512 g/mol. The number of fused-ring (bicyclic) bond motifs is 1. The number of alkyl halides is 6. The molecule has 0 bridgehead atoms. The lowest BCUT2D eigenvalue weighted by Gasteiger charge is -2.31. The Labute approximate surface area is 203 Å². The largest absolute Gasteiger partial charge is 0.477 e. The van der Waals surface area contributed by atoms with E-state index in [0.717, 1.165) is 12.1 Å². The molecule has 0 radical (unpaired) electrons. The van der Waals surface area contributed by atoms with Crippen LogP contribution in [0.5, 0.6) is 5.88 Å². The van der Waals surface area contributed by atoms with Crippen molar-refractivity contribution in [3.8, 4) is 17.0 Å².